The highest BCUT2D eigenvalue weighted by Gasteiger charge is 2.11. The predicted molar refractivity (Wildman–Crippen MR) is 77.3 cm³/mol. The minimum Gasteiger partial charge on any atom is -0.371 e. The Hall–Kier alpha value is -0.540. The van der Waals surface area contributed by atoms with Gasteiger partial charge < -0.3 is 10.6 Å². The molecule has 17 heavy (non-hydrogen) atoms. The van der Waals surface area contributed by atoms with E-state index in [0.29, 0.717) is 6.54 Å². The summed E-state index contributed by atoms with van der Waals surface area (Å²) in [6.07, 6.45) is 6.77. The first kappa shape index (κ1) is 12.9. The molecule has 0 unspecified atom stereocenters. The Morgan fingerprint density at radius 2 is 1.71 bits per heavy atom. The molecular formula is C14H21BrN2. The van der Waals surface area contributed by atoms with Crippen LogP contribution in [-0.2, 0) is 6.54 Å². The standard InChI is InChI=1S/C14H21BrN2/c15-13-10-12(11-16)6-7-14(13)17-8-4-2-1-3-5-9-17/h6-7,10H,1-5,8-9,11,16H2. The molecule has 94 valence electrons. The number of benzene rings is 1. The van der Waals surface area contributed by atoms with Gasteiger partial charge in [-0.15, -0.1) is 0 Å². The van der Waals surface area contributed by atoms with Crippen molar-refractivity contribution < 1.29 is 0 Å². The molecule has 0 bridgehead atoms. The number of halogens is 1. The third-order valence-corrected chi connectivity index (χ3v) is 4.08. The zero-order chi connectivity index (χ0) is 12.1. The summed E-state index contributed by atoms with van der Waals surface area (Å²) in [4.78, 5) is 2.50. The van der Waals surface area contributed by atoms with Crippen LogP contribution < -0.4 is 10.6 Å². The van der Waals surface area contributed by atoms with E-state index in [1.165, 1.54) is 60.9 Å². The van der Waals surface area contributed by atoms with Crippen molar-refractivity contribution in [2.24, 2.45) is 5.73 Å². The van der Waals surface area contributed by atoms with E-state index in [0.717, 1.165) is 0 Å². The maximum atomic E-state index is 5.66. The maximum Gasteiger partial charge on any atom is 0.0510 e. The van der Waals surface area contributed by atoms with Gasteiger partial charge in [0.05, 0.1) is 5.69 Å². The Morgan fingerprint density at radius 3 is 2.29 bits per heavy atom. The van der Waals surface area contributed by atoms with E-state index in [1.807, 2.05) is 0 Å². The van der Waals surface area contributed by atoms with Crippen molar-refractivity contribution >= 4 is 21.6 Å². The Kier molecular flexibility index (Phi) is 4.86. The fourth-order valence-corrected chi connectivity index (χ4v) is 3.10. The molecule has 1 saturated heterocycles. The third-order valence-electron chi connectivity index (χ3n) is 3.44. The van der Waals surface area contributed by atoms with Gasteiger partial charge in [-0.2, -0.15) is 0 Å². The SMILES string of the molecule is NCc1ccc(N2CCCCCCC2)c(Br)c1. The molecule has 0 radical (unpaired) electrons. The minimum atomic E-state index is 0.610. The Bertz CT molecular complexity index is 357. The van der Waals surface area contributed by atoms with Gasteiger partial charge in [-0.25, -0.2) is 0 Å². The van der Waals surface area contributed by atoms with Gasteiger partial charge in [0.15, 0.2) is 0 Å². The van der Waals surface area contributed by atoms with Crippen molar-refractivity contribution in [2.45, 2.75) is 38.6 Å². The van der Waals surface area contributed by atoms with E-state index in [1.54, 1.807) is 0 Å². The van der Waals surface area contributed by atoms with Gasteiger partial charge in [0.25, 0.3) is 0 Å². The highest BCUT2D eigenvalue weighted by molar-refractivity contribution is 9.10. The van der Waals surface area contributed by atoms with E-state index in [4.69, 9.17) is 5.73 Å². The lowest BCUT2D eigenvalue weighted by Crippen LogP contribution is -2.27. The smallest absolute Gasteiger partial charge is 0.0510 e. The summed E-state index contributed by atoms with van der Waals surface area (Å²) < 4.78 is 1.18. The molecule has 2 nitrogen and oxygen atoms in total. The van der Waals surface area contributed by atoms with Crippen LogP contribution in [0.5, 0.6) is 0 Å². The summed E-state index contributed by atoms with van der Waals surface area (Å²) in [5, 5.41) is 0. The molecule has 1 aliphatic heterocycles. The Labute approximate surface area is 112 Å². The van der Waals surface area contributed by atoms with E-state index in [2.05, 4.69) is 39.0 Å². The largest absolute Gasteiger partial charge is 0.371 e. The van der Waals surface area contributed by atoms with Crippen LogP contribution in [0.1, 0.15) is 37.7 Å². The molecular weight excluding hydrogens is 276 g/mol. The summed E-state index contributed by atoms with van der Waals surface area (Å²) in [5.41, 5.74) is 8.17. The second-order valence-electron chi connectivity index (χ2n) is 4.74. The first-order chi connectivity index (χ1) is 8.31. The van der Waals surface area contributed by atoms with Gasteiger partial charge in [-0.3, -0.25) is 0 Å². The molecule has 3 heteroatoms. The minimum absolute atomic E-state index is 0.610. The molecule has 0 atom stereocenters. The van der Waals surface area contributed by atoms with Gasteiger partial charge >= 0.3 is 0 Å². The summed E-state index contributed by atoms with van der Waals surface area (Å²) >= 11 is 3.67. The van der Waals surface area contributed by atoms with E-state index < -0.39 is 0 Å². The van der Waals surface area contributed by atoms with Crippen molar-refractivity contribution in [1.29, 1.82) is 0 Å². The van der Waals surface area contributed by atoms with Crippen molar-refractivity contribution in [1.82, 2.24) is 0 Å². The number of anilines is 1. The Balaban J connectivity index is 2.13. The van der Waals surface area contributed by atoms with Crippen molar-refractivity contribution in [2.75, 3.05) is 18.0 Å². The molecule has 0 aliphatic carbocycles. The zero-order valence-electron chi connectivity index (χ0n) is 10.3. The van der Waals surface area contributed by atoms with Crippen LogP contribution in [0.25, 0.3) is 0 Å². The molecule has 0 saturated carbocycles. The van der Waals surface area contributed by atoms with Crippen LogP contribution in [-0.4, -0.2) is 13.1 Å². The lowest BCUT2D eigenvalue weighted by Gasteiger charge is -2.28. The van der Waals surface area contributed by atoms with Gasteiger partial charge in [-0.1, -0.05) is 25.3 Å². The number of hydrogen-bond acceptors (Lipinski definition) is 2. The molecule has 1 aromatic carbocycles. The zero-order valence-corrected chi connectivity index (χ0v) is 11.9. The molecule has 1 heterocycles. The van der Waals surface area contributed by atoms with E-state index in [9.17, 15) is 0 Å². The van der Waals surface area contributed by atoms with Crippen molar-refractivity contribution in [3.63, 3.8) is 0 Å². The van der Waals surface area contributed by atoms with E-state index >= 15 is 0 Å². The lowest BCUT2D eigenvalue weighted by atomic mass is 10.1. The first-order valence-electron chi connectivity index (χ1n) is 6.54. The van der Waals surface area contributed by atoms with Crippen LogP contribution in [0.15, 0.2) is 22.7 Å². The van der Waals surface area contributed by atoms with Crippen LogP contribution in [0.2, 0.25) is 0 Å². The first-order valence-corrected chi connectivity index (χ1v) is 7.34. The maximum absolute atomic E-state index is 5.66. The average molecular weight is 297 g/mol. The summed E-state index contributed by atoms with van der Waals surface area (Å²) in [6, 6.07) is 6.49. The van der Waals surface area contributed by atoms with Crippen LogP contribution in [0, 0.1) is 0 Å². The topological polar surface area (TPSA) is 29.3 Å². The molecule has 2 N–H and O–H groups in total. The second-order valence-corrected chi connectivity index (χ2v) is 5.60. The van der Waals surface area contributed by atoms with Crippen LogP contribution >= 0.6 is 15.9 Å². The quantitative estimate of drug-likeness (QED) is 0.902. The third kappa shape index (κ3) is 3.46. The molecule has 0 aromatic heterocycles. The Morgan fingerprint density at radius 1 is 1.06 bits per heavy atom. The molecule has 1 aliphatic rings. The molecule has 0 amide bonds. The fourth-order valence-electron chi connectivity index (χ4n) is 2.42. The predicted octanol–water partition coefficient (Wildman–Crippen LogP) is 3.68. The number of rotatable bonds is 2. The summed E-state index contributed by atoms with van der Waals surface area (Å²) in [6.45, 7) is 2.97. The van der Waals surface area contributed by atoms with Gasteiger partial charge in [0.1, 0.15) is 0 Å². The monoisotopic (exact) mass is 296 g/mol. The number of nitrogens with zero attached hydrogens (tertiary/aromatic N) is 1. The lowest BCUT2D eigenvalue weighted by molar-refractivity contribution is 0.556. The van der Waals surface area contributed by atoms with Crippen LogP contribution in [0.4, 0.5) is 5.69 Å². The van der Waals surface area contributed by atoms with Crippen molar-refractivity contribution in [3.05, 3.63) is 28.2 Å². The number of nitrogens with two attached hydrogens (primary N) is 1. The van der Waals surface area contributed by atoms with Crippen molar-refractivity contribution in [3.8, 4) is 0 Å². The van der Waals surface area contributed by atoms with Gasteiger partial charge in [-0.05, 0) is 46.5 Å². The number of hydrogen-bond donors (Lipinski definition) is 1. The highest BCUT2D eigenvalue weighted by Crippen LogP contribution is 2.29. The van der Waals surface area contributed by atoms with Crippen LogP contribution in [0.3, 0.4) is 0 Å². The summed E-state index contributed by atoms with van der Waals surface area (Å²) in [5.74, 6) is 0. The molecule has 2 rings (SSSR count). The molecule has 1 fully saturated rings. The van der Waals surface area contributed by atoms with E-state index in [-0.39, 0.29) is 0 Å². The molecule has 1 aromatic rings. The van der Waals surface area contributed by atoms with Gasteiger partial charge in [0, 0.05) is 24.1 Å². The van der Waals surface area contributed by atoms with Gasteiger partial charge in [0.2, 0.25) is 0 Å². The average Bonchev–Trinajstić information content (AvgIpc) is 2.29. The molecule has 0 spiro atoms. The fraction of sp³-hybridized carbons (Fsp3) is 0.571. The highest BCUT2D eigenvalue weighted by atomic mass is 79.9. The summed E-state index contributed by atoms with van der Waals surface area (Å²) in [7, 11) is 0. The normalized spacial score (nSPS) is 17.6. The second kappa shape index (κ2) is 6.41.